The Morgan fingerprint density at radius 1 is 1.19 bits per heavy atom. The van der Waals surface area contributed by atoms with Crippen molar-refractivity contribution in [1.82, 2.24) is 4.98 Å². The van der Waals surface area contributed by atoms with Crippen molar-refractivity contribution in [3.05, 3.63) is 70.2 Å². The Morgan fingerprint density at radius 3 is 2.67 bits per heavy atom. The molecule has 138 valence electrons. The Kier molecular flexibility index (Phi) is 5.88. The van der Waals surface area contributed by atoms with Crippen LogP contribution in [0.25, 0.3) is 10.6 Å². The summed E-state index contributed by atoms with van der Waals surface area (Å²) in [6.07, 6.45) is -0.974. The number of aromatic nitrogens is 1. The summed E-state index contributed by atoms with van der Waals surface area (Å²) in [4.78, 5) is 28.9. The molecule has 1 atom stereocenters. The van der Waals surface area contributed by atoms with Crippen LogP contribution in [-0.2, 0) is 9.53 Å². The van der Waals surface area contributed by atoms with Crippen molar-refractivity contribution in [2.45, 2.75) is 20.0 Å². The van der Waals surface area contributed by atoms with Crippen molar-refractivity contribution in [2.75, 3.05) is 5.32 Å². The molecular weight excluding hydrogens is 384 g/mol. The van der Waals surface area contributed by atoms with Gasteiger partial charge in [-0.15, -0.1) is 11.3 Å². The van der Waals surface area contributed by atoms with Crippen molar-refractivity contribution in [2.24, 2.45) is 0 Å². The number of esters is 1. The van der Waals surface area contributed by atoms with E-state index in [1.165, 1.54) is 18.3 Å². The largest absolute Gasteiger partial charge is 0.448 e. The predicted molar refractivity (Wildman–Crippen MR) is 107 cm³/mol. The zero-order valence-corrected chi connectivity index (χ0v) is 16.3. The molecule has 5 nitrogen and oxygen atoms in total. The van der Waals surface area contributed by atoms with Crippen LogP contribution in [0.4, 0.5) is 5.69 Å². The molecule has 1 unspecified atom stereocenters. The monoisotopic (exact) mass is 400 g/mol. The fourth-order valence-corrected chi connectivity index (χ4v) is 3.29. The highest BCUT2D eigenvalue weighted by Gasteiger charge is 2.21. The smallest absolute Gasteiger partial charge is 0.358 e. The molecule has 1 N–H and O–H groups in total. The number of benzene rings is 2. The number of amides is 1. The van der Waals surface area contributed by atoms with Gasteiger partial charge >= 0.3 is 5.97 Å². The molecule has 0 fully saturated rings. The van der Waals surface area contributed by atoms with Crippen LogP contribution in [0.1, 0.15) is 23.0 Å². The second kappa shape index (κ2) is 8.33. The first-order valence-electron chi connectivity index (χ1n) is 8.23. The number of hydrogen-bond donors (Lipinski definition) is 1. The lowest BCUT2D eigenvalue weighted by atomic mass is 10.2. The number of anilines is 1. The van der Waals surface area contributed by atoms with Crippen LogP contribution in [0.2, 0.25) is 5.02 Å². The van der Waals surface area contributed by atoms with E-state index in [2.05, 4.69) is 10.3 Å². The highest BCUT2D eigenvalue weighted by atomic mass is 35.5. The molecule has 0 aliphatic heterocycles. The molecule has 7 heteroatoms. The first kappa shape index (κ1) is 19.1. The van der Waals surface area contributed by atoms with E-state index in [0.717, 1.165) is 11.1 Å². The lowest BCUT2D eigenvalue weighted by molar-refractivity contribution is -0.123. The molecular formula is C20H17ClN2O3S. The van der Waals surface area contributed by atoms with Gasteiger partial charge in [-0.1, -0.05) is 48.0 Å². The molecule has 3 aromatic rings. The van der Waals surface area contributed by atoms with Crippen molar-refractivity contribution in [3.8, 4) is 10.6 Å². The Hall–Kier alpha value is -2.70. The van der Waals surface area contributed by atoms with Gasteiger partial charge < -0.3 is 10.1 Å². The highest BCUT2D eigenvalue weighted by Crippen LogP contribution is 2.24. The fraction of sp³-hybridized carbons (Fsp3) is 0.150. The van der Waals surface area contributed by atoms with Gasteiger partial charge in [0.15, 0.2) is 11.8 Å². The van der Waals surface area contributed by atoms with E-state index in [1.54, 1.807) is 23.6 Å². The number of ether oxygens (including phenoxy) is 1. The van der Waals surface area contributed by atoms with Crippen molar-refractivity contribution < 1.29 is 14.3 Å². The molecule has 0 spiro atoms. The normalized spacial score (nSPS) is 11.7. The van der Waals surface area contributed by atoms with Gasteiger partial charge in [-0.25, -0.2) is 9.78 Å². The van der Waals surface area contributed by atoms with E-state index < -0.39 is 18.0 Å². The van der Waals surface area contributed by atoms with Crippen LogP contribution >= 0.6 is 22.9 Å². The van der Waals surface area contributed by atoms with Crippen LogP contribution in [0.15, 0.2) is 53.9 Å². The number of rotatable bonds is 5. The maximum absolute atomic E-state index is 12.3. The topological polar surface area (TPSA) is 68.3 Å². The fourth-order valence-electron chi connectivity index (χ4n) is 2.32. The number of carbonyl (C=O) groups is 2. The van der Waals surface area contributed by atoms with Crippen LogP contribution in [0, 0.1) is 6.92 Å². The average Bonchev–Trinajstić information content (AvgIpc) is 3.15. The third kappa shape index (κ3) is 4.72. The van der Waals surface area contributed by atoms with Crippen LogP contribution in [0.5, 0.6) is 0 Å². The molecule has 0 saturated heterocycles. The zero-order chi connectivity index (χ0) is 19.4. The molecule has 0 saturated carbocycles. The maximum atomic E-state index is 12.3. The molecule has 0 radical (unpaired) electrons. The quantitative estimate of drug-likeness (QED) is 0.615. The molecule has 0 aliphatic rings. The molecule has 1 heterocycles. The average molecular weight is 401 g/mol. The minimum absolute atomic E-state index is 0.178. The minimum Gasteiger partial charge on any atom is -0.448 e. The molecule has 1 aromatic heterocycles. The number of halogens is 1. The summed E-state index contributed by atoms with van der Waals surface area (Å²) < 4.78 is 5.25. The summed E-state index contributed by atoms with van der Waals surface area (Å²) in [7, 11) is 0. The SMILES string of the molecule is Cc1ccc(Cl)cc1NC(=O)C(C)OC(=O)c1csc(-c2ccccc2)n1. The van der Waals surface area contributed by atoms with Gasteiger partial charge in [0.2, 0.25) is 0 Å². The number of nitrogens with one attached hydrogen (secondary N) is 1. The van der Waals surface area contributed by atoms with Crippen LogP contribution < -0.4 is 5.32 Å². The minimum atomic E-state index is -0.974. The summed E-state index contributed by atoms with van der Waals surface area (Å²) in [6, 6.07) is 14.7. The number of aryl methyl sites for hydroxylation is 1. The van der Waals surface area contributed by atoms with Crippen LogP contribution in [0.3, 0.4) is 0 Å². The van der Waals surface area contributed by atoms with Gasteiger partial charge in [-0.05, 0) is 31.5 Å². The van der Waals surface area contributed by atoms with E-state index in [1.807, 2.05) is 37.3 Å². The zero-order valence-electron chi connectivity index (χ0n) is 14.7. The van der Waals surface area contributed by atoms with Gasteiger partial charge in [-0.3, -0.25) is 4.79 Å². The van der Waals surface area contributed by atoms with Crippen LogP contribution in [-0.4, -0.2) is 23.0 Å². The van der Waals surface area contributed by atoms with Gasteiger partial charge in [0.25, 0.3) is 5.91 Å². The van der Waals surface area contributed by atoms with Crippen molar-refractivity contribution in [1.29, 1.82) is 0 Å². The first-order chi connectivity index (χ1) is 12.9. The van der Waals surface area contributed by atoms with Crippen molar-refractivity contribution >= 4 is 40.5 Å². The Balaban J connectivity index is 1.64. The molecule has 27 heavy (non-hydrogen) atoms. The summed E-state index contributed by atoms with van der Waals surface area (Å²) >= 11 is 7.30. The van der Waals surface area contributed by atoms with E-state index in [9.17, 15) is 9.59 Å². The summed E-state index contributed by atoms with van der Waals surface area (Å²) in [6.45, 7) is 3.36. The Morgan fingerprint density at radius 2 is 1.93 bits per heavy atom. The molecule has 0 aliphatic carbocycles. The number of hydrogen-bond acceptors (Lipinski definition) is 5. The highest BCUT2D eigenvalue weighted by molar-refractivity contribution is 7.13. The standard InChI is InChI=1S/C20H17ClN2O3S/c1-12-8-9-15(21)10-16(12)22-18(24)13(2)26-20(25)17-11-27-19(23-17)14-6-4-3-5-7-14/h3-11,13H,1-2H3,(H,22,24). The summed E-state index contributed by atoms with van der Waals surface area (Å²) in [5.41, 5.74) is 2.54. The number of nitrogens with zero attached hydrogens (tertiary/aromatic N) is 1. The lowest BCUT2D eigenvalue weighted by Gasteiger charge is -2.14. The Bertz CT molecular complexity index is 972. The summed E-state index contributed by atoms with van der Waals surface area (Å²) in [5.74, 6) is -1.08. The third-order valence-electron chi connectivity index (χ3n) is 3.84. The van der Waals surface area contributed by atoms with E-state index >= 15 is 0 Å². The second-order valence-electron chi connectivity index (χ2n) is 5.90. The third-order valence-corrected chi connectivity index (χ3v) is 4.97. The molecule has 0 bridgehead atoms. The van der Waals surface area contributed by atoms with Gasteiger partial charge in [0.1, 0.15) is 5.01 Å². The molecule has 3 rings (SSSR count). The summed E-state index contributed by atoms with van der Waals surface area (Å²) in [5, 5.41) is 5.57. The lowest BCUT2D eigenvalue weighted by Crippen LogP contribution is -2.30. The molecule has 2 aromatic carbocycles. The number of carbonyl (C=O) groups excluding carboxylic acids is 2. The van der Waals surface area contributed by atoms with Gasteiger partial charge in [-0.2, -0.15) is 0 Å². The van der Waals surface area contributed by atoms with E-state index in [0.29, 0.717) is 15.7 Å². The second-order valence-corrected chi connectivity index (χ2v) is 7.19. The van der Waals surface area contributed by atoms with E-state index in [-0.39, 0.29) is 5.69 Å². The number of thiazole rings is 1. The van der Waals surface area contributed by atoms with Gasteiger partial charge in [0, 0.05) is 21.7 Å². The van der Waals surface area contributed by atoms with Gasteiger partial charge in [0.05, 0.1) is 0 Å². The maximum Gasteiger partial charge on any atom is 0.358 e. The Labute approximate surface area is 166 Å². The van der Waals surface area contributed by atoms with E-state index in [4.69, 9.17) is 16.3 Å². The predicted octanol–water partition coefficient (Wildman–Crippen LogP) is 4.96. The molecule has 1 amide bonds. The van der Waals surface area contributed by atoms with Crippen molar-refractivity contribution in [3.63, 3.8) is 0 Å². The first-order valence-corrected chi connectivity index (χ1v) is 9.49.